The van der Waals surface area contributed by atoms with Gasteiger partial charge in [-0.25, -0.2) is 4.79 Å². The molecule has 0 radical (unpaired) electrons. The maximum Gasteiger partial charge on any atom is 0.337 e. The van der Waals surface area contributed by atoms with E-state index >= 15 is 0 Å². The third kappa shape index (κ3) is 3.19. The van der Waals surface area contributed by atoms with Crippen molar-refractivity contribution in [3.05, 3.63) is 64.2 Å². The zero-order valence-electron chi connectivity index (χ0n) is 14.1. The van der Waals surface area contributed by atoms with Crippen LogP contribution in [0, 0.1) is 0 Å². The second-order valence-corrected chi connectivity index (χ2v) is 5.98. The molecule has 0 bridgehead atoms. The number of carboxylic acids is 1. The Bertz CT molecular complexity index is 966. The summed E-state index contributed by atoms with van der Waals surface area (Å²) in [4.78, 5) is 24.1. The Morgan fingerprint density at radius 2 is 2.00 bits per heavy atom. The van der Waals surface area contributed by atoms with Crippen LogP contribution in [-0.4, -0.2) is 29.8 Å². The number of benzene rings is 2. The van der Waals surface area contributed by atoms with Crippen molar-refractivity contribution >= 4 is 41.0 Å². The molecule has 6 nitrogen and oxygen atoms in total. The van der Waals surface area contributed by atoms with E-state index in [4.69, 9.17) is 16.3 Å². The number of hydrogen-bond donors (Lipinski definition) is 1. The number of hydrogen-bond acceptors (Lipinski definition) is 4. The molecule has 2 aromatic rings. The van der Waals surface area contributed by atoms with E-state index in [9.17, 15) is 14.7 Å². The summed E-state index contributed by atoms with van der Waals surface area (Å²) in [6.45, 7) is 1.72. The number of rotatable bonds is 4. The zero-order valence-corrected chi connectivity index (χ0v) is 14.8. The number of aromatic carboxylic acids is 1. The molecule has 0 unspecified atom stereocenters. The first-order chi connectivity index (χ1) is 12.4. The summed E-state index contributed by atoms with van der Waals surface area (Å²) in [7, 11) is 1.56. The van der Waals surface area contributed by atoms with E-state index in [2.05, 4.69) is 5.10 Å². The van der Waals surface area contributed by atoms with Gasteiger partial charge in [0.15, 0.2) is 0 Å². The average molecular weight is 371 g/mol. The molecule has 1 amide bonds. The van der Waals surface area contributed by atoms with E-state index in [0.717, 1.165) is 5.56 Å². The SMILES string of the molecule is COc1ccccc1/C=C1\C(=O)N(c2ccc(Cl)c(C(=O)O)c2)N=C1C. The second-order valence-electron chi connectivity index (χ2n) is 5.57. The molecule has 3 rings (SSSR count). The van der Waals surface area contributed by atoms with Gasteiger partial charge in [-0.2, -0.15) is 10.1 Å². The van der Waals surface area contributed by atoms with Gasteiger partial charge in [-0.3, -0.25) is 4.79 Å². The first kappa shape index (κ1) is 17.7. The largest absolute Gasteiger partial charge is 0.496 e. The van der Waals surface area contributed by atoms with Gasteiger partial charge in [0.2, 0.25) is 0 Å². The van der Waals surface area contributed by atoms with Crippen molar-refractivity contribution in [2.75, 3.05) is 12.1 Å². The molecule has 0 saturated carbocycles. The maximum absolute atomic E-state index is 12.8. The molecule has 26 heavy (non-hydrogen) atoms. The highest BCUT2D eigenvalue weighted by molar-refractivity contribution is 6.34. The Hall–Kier alpha value is -3.12. The van der Waals surface area contributed by atoms with Crippen LogP contribution in [0.15, 0.2) is 53.1 Å². The lowest BCUT2D eigenvalue weighted by molar-refractivity contribution is -0.114. The molecule has 0 aliphatic carbocycles. The Balaban J connectivity index is 2.00. The summed E-state index contributed by atoms with van der Waals surface area (Å²) >= 11 is 5.89. The third-order valence-electron chi connectivity index (χ3n) is 3.93. The highest BCUT2D eigenvalue weighted by Crippen LogP contribution is 2.30. The molecule has 0 aromatic heterocycles. The van der Waals surface area contributed by atoms with Crippen LogP contribution < -0.4 is 9.75 Å². The minimum absolute atomic E-state index is 0.0908. The van der Waals surface area contributed by atoms with Gasteiger partial charge in [-0.15, -0.1) is 0 Å². The smallest absolute Gasteiger partial charge is 0.337 e. The van der Waals surface area contributed by atoms with E-state index in [0.29, 0.717) is 22.7 Å². The summed E-state index contributed by atoms with van der Waals surface area (Å²) in [6.07, 6.45) is 1.70. The second kappa shape index (κ2) is 7.01. The lowest BCUT2D eigenvalue weighted by Gasteiger charge is -2.13. The van der Waals surface area contributed by atoms with Gasteiger partial charge in [0, 0.05) is 5.56 Å². The number of methoxy groups -OCH3 is 1. The zero-order chi connectivity index (χ0) is 18.8. The first-order valence-corrected chi connectivity index (χ1v) is 8.07. The quantitative estimate of drug-likeness (QED) is 0.829. The summed E-state index contributed by atoms with van der Waals surface area (Å²) in [5.74, 6) is -0.889. The number of anilines is 1. The summed E-state index contributed by atoms with van der Waals surface area (Å²) in [5.41, 5.74) is 1.91. The highest BCUT2D eigenvalue weighted by atomic mass is 35.5. The normalized spacial score (nSPS) is 15.3. The number of nitrogens with zero attached hydrogens (tertiary/aromatic N) is 2. The van der Waals surface area contributed by atoms with Gasteiger partial charge in [-0.05, 0) is 37.3 Å². The number of carbonyl (C=O) groups is 2. The molecule has 2 aromatic carbocycles. The molecule has 7 heteroatoms. The molecule has 0 atom stereocenters. The predicted molar refractivity (Wildman–Crippen MR) is 100.0 cm³/mol. The molecule has 0 saturated heterocycles. The van der Waals surface area contributed by atoms with Gasteiger partial charge >= 0.3 is 5.97 Å². The number of amides is 1. The van der Waals surface area contributed by atoms with E-state index in [1.165, 1.54) is 17.1 Å². The molecule has 1 heterocycles. The van der Waals surface area contributed by atoms with Gasteiger partial charge in [-0.1, -0.05) is 29.8 Å². The lowest BCUT2D eigenvalue weighted by atomic mass is 10.1. The summed E-state index contributed by atoms with van der Waals surface area (Å²) in [6, 6.07) is 11.6. The van der Waals surface area contributed by atoms with Crippen LogP contribution in [0.1, 0.15) is 22.8 Å². The van der Waals surface area contributed by atoms with Crippen LogP contribution in [0.2, 0.25) is 5.02 Å². The lowest BCUT2D eigenvalue weighted by Crippen LogP contribution is -2.21. The fourth-order valence-corrected chi connectivity index (χ4v) is 2.81. The van der Waals surface area contributed by atoms with Crippen molar-refractivity contribution in [3.63, 3.8) is 0 Å². The van der Waals surface area contributed by atoms with E-state index in [1.807, 2.05) is 18.2 Å². The van der Waals surface area contributed by atoms with Crippen molar-refractivity contribution in [1.29, 1.82) is 0 Å². The topological polar surface area (TPSA) is 79.2 Å². The van der Waals surface area contributed by atoms with Crippen LogP contribution in [0.3, 0.4) is 0 Å². The highest BCUT2D eigenvalue weighted by Gasteiger charge is 2.29. The molecule has 1 aliphatic heterocycles. The average Bonchev–Trinajstić information content (AvgIpc) is 2.90. The summed E-state index contributed by atoms with van der Waals surface area (Å²) < 4.78 is 5.30. The molecule has 0 spiro atoms. The van der Waals surface area contributed by atoms with Gasteiger partial charge in [0.25, 0.3) is 5.91 Å². The maximum atomic E-state index is 12.8. The van der Waals surface area contributed by atoms with Gasteiger partial charge in [0.05, 0.1) is 34.7 Å². The van der Waals surface area contributed by atoms with Gasteiger partial charge < -0.3 is 9.84 Å². The number of hydrazone groups is 1. The molecule has 0 fully saturated rings. The molecular weight excluding hydrogens is 356 g/mol. The molecule has 1 N–H and O–H groups in total. The number of carbonyl (C=O) groups excluding carboxylic acids is 1. The van der Waals surface area contributed by atoms with E-state index in [1.54, 1.807) is 32.2 Å². The Morgan fingerprint density at radius 1 is 1.27 bits per heavy atom. The first-order valence-electron chi connectivity index (χ1n) is 7.70. The number of carboxylic acid groups (broad SMARTS) is 1. The van der Waals surface area contributed by atoms with Crippen LogP contribution in [0.4, 0.5) is 5.69 Å². The monoisotopic (exact) mass is 370 g/mol. The van der Waals surface area contributed by atoms with Crippen LogP contribution in [0.25, 0.3) is 6.08 Å². The minimum Gasteiger partial charge on any atom is -0.496 e. The van der Waals surface area contributed by atoms with E-state index < -0.39 is 5.97 Å². The molecular formula is C19H15ClN2O4. The standard InChI is InChI=1S/C19H15ClN2O4/c1-11-14(9-12-5-3-4-6-17(12)26-2)18(23)22(21-11)13-7-8-16(20)15(10-13)19(24)25/h3-10H,1-2H3,(H,24,25)/b14-9-. The number of para-hydroxylation sites is 1. The van der Waals surface area contributed by atoms with Crippen LogP contribution >= 0.6 is 11.6 Å². The Kier molecular flexibility index (Phi) is 4.77. The van der Waals surface area contributed by atoms with Crippen molar-refractivity contribution in [2.24, 2.45) is 5.10 Å². The van der Waals surface area contributed by atoms with Crippen LogP contribution in [-0.2, 0) is 4.79 Å². The fraction of sp³-hybridized carbons (Fsp3) is 0.105. The van der Waals surface area contributed by atoms with Crippen molar-refractivity contribution in [1.82, 2.24) is 0 Å². The van der Waals surface area contributed by atoms with Crippen molar-refractivity contribution < 1.29 is 19.4 Å². The predicted octanol–water partition coefficient (Wildman–Crippen LogP) is 3.85. The number of ether oxygens (including phenoxy) is 1. The van der Waals surface area contributed by atoms with Gasteiger partial charge in [0.1, 0.15) is 5.75 Å². The van der Waals surface area contributed by atoms with Crippen molar-refractivity contribution in [3.8, 4) is 5.75 Å². The minimum atomic E-state index is -1.17. The molecule has 132 valence electrons. The Morgan fingerprint density at radius 3 is 2.69 bits per heavy atom. The summed E-state index contributed by atoms with van der Waals surface area (Å²) in [5, 5.41) is 14.7. The number of halogens is 1. The fourth-order valence-electron chi connectivity index (χ4n) is 2.61. The molecule has 1 aliphatic rings. The van der Waals surface area contributed by atoms with E-state index in [-0.39, 0.29) is 16.5 Å². The third-order valence-corrected chi connectivity index (χ3v) is 4.26. The Labute approximate surface area is 155 Å². The van der Waals surface area contributed by atoms with Crippen molar-refractivity contribution in [2.45, 2.75) is 6.92 Å². The van der Waals surface area contributed by atoms with Crippen LogP contribution in [0.5, 0.6) is 5.75 Å².